The molecule has 4 nitrogen and oxygen atoms in total. The molecule has 2 unspecified atom stereocenters. The van der Waals surface area contributed by atoms with Crippen molar-refractivity contribution in [3.05, 3.63) is 145 Å². The Kier molecular flexibility index (Phi) is 4.95. The van der Waals surface area contributed by atoms with Gasteiger partial charge >= 0.3 is 0 Å². The molecule has 3 heterocycles. The summed E-state index contributed by atoms with van der Waals surface area (Å²) in [5.41, 5.74) is 11.6. The van der Waals surface area contributed by atoms with Gasteiger partial charge in [-0.2, -0.15) is 0 Å². The molecule has 0 amide bonds. The highest BCUT2D eigenvalue weighted by atomic mass is 15.2. The minimum absolute atomic E-state index is 0.0270. The van der Waals surface area contributed by atoms with Gasteiger partial charge in [0.15, 0.2) is 0 Å². The number of hydrogen-bond acceptors (Lipinski definition) is 2. The van der Waals surface area contributed by atoms with E-state index in [4.69, 9.17) is 9.97 Å². The molecule has 46 heavy (non-hydrogen) atoms. The molecule has 10 rings (SSSR count). The first-order valence-corrected chi connectivity index (χ1v) is 16.1. The molecule has 0 fully saturated rings. The Morgan fingerprint density at radius 3 is 2.15 bits per heavy atom. The van der Waals surface area contributed by atoms with Gasteiger partial charge in [0.1, 0.15) is 5.65 Å². The number of allylic oxidation sites excluding steroid dienone is 4. The van der Waals surface area contributed by atoms with E-state index in [0.29, 0.717) is 5.92 Å². The summed E-state index contributed by atoms with van der Waals surface area (Å²) in [5.74, 6) is 1.29. The normalized spacial score (nSPS) is 19.9. The molecule has 0 aliphatic heterocycles. The molecule has 2 aliphatic carbocycles. The molecule has 0 spiro atoms. The molecule has 3 aromatic heterocycles. The molecule has 0 bridgehead atoms. The lowest BCUT2D eigenvalue weighted by molar-refractivity contribution is 0.324. The third kappa shape index (κ3) is 3.23. The number of imidazole rings is 1. The molecule has 4 heteroatoms. The fourth-order valence-corrected chi connectivity index (χ4v) is 8.72. The van der Waals surface area contributed by atoms with E-state index in [2.05, 4.69) is 157 Å². The van der Waals surface area contributed by atoms with Gasteiger partial charge in [-0.15, -0.1) is 0 Å². The van der Waals surface area contributed by atoms with Crippen LogP contribution in [0, 0.1) is 5.92 Å². The van der Waals surface area contributed by atoms with Crippen molar-refractivity contribution in [1.29, 1.82) is 0 Å². The summed E-state index contributed by atoms with van der Waals surface area (Å²) in [4.78, 5) is 10.4. The van der Waals surface area contributed by atoms with Crippen LogP contribution in [-0.4, -0.2) is 18.9 Å². The van der Waals surface area contributed by atoms with E-state index < -0.39 is 0 Å². The van der Waals surface area contributed by atoms with Gasteiger partial charge in [-0.1, -0.05) is 112 Å². The van der Waals surface area contributed by atoms with Crippen molar-refractivity contribution in [2.24, 2.45) is 5.92 Å². The minimum atomic E-state index is 0.0270. The van der Waals surface area contributed by atoms with E-state index in [-0.39, 0.29) is 10.8 Å². The first kappa shape index (κ1) is 25.8. The second-order valence-corrected chi connectivity index (χ2v) is 13.8. The maximum atomic E-state index is 5.32. The van der Waals surface area contributed by atoms with Crippen LogP contribution in [-0.2, 0) is 10.8 Å². The highest BCUT2D eigenvalue weighted by molar-refractivity contribution is 6.10. The van der Waals surface area contributed by atoms with Crippen molar-refractivity contribution in [2.75, 3.05) is 0 Å². The van der Waals surface area contributed by atoms with Crippen LogP contribution in [0.3, 0.4) is 0 Å². The van der Waals surface area contributed by atoms with E-state index in [9.17, 15) is 0 Å². The monoisotopic (exact) mass is 592 g/mol. The topological polar surface area (TPSA) is 35.1 Å². The summed E-state index contributed by atoms with van der Waals surface area (Å²) in [7, 11) is 0. The molecule has 8 aromatic rings. The van der Waals surface area contributed by atoms with Gasteiger partial charge in [-0.25, -0.2) is 9.97 Å². The van der Waals surface area contributed by atoms with E-state index >= 15 is 0 Å². The molecule has 5 aromatic carbocycles. The van der Waals surface area contributed by atoms with Gasteiger partial charge in [-0.05, 0) is 76.1 Å². The maximum absolute atomic E-state index is 5.32. The Balaban J connectivity index is 1.23. The van der Waals surface area contributed by atoms with Gasteiger partial charge in [0, 0.05) is 21.6 Å². The first-order chi connectivity index (χ1) is 22.4. The van der Waals surface area contributed by atoms with Crippen molar-refractivity contribution in [2.45, 2.75) is 31.6 Å². The van der Waals surface area contributed by atoms with Gasteiger partial charge in [-0.3, -0.25) is 8.97 Å². The smallest absolute Gasteiger partial charge is 0.221 e. The largest absolute Gasteiger partial charge is 0.279 e. The maximum Gasteiger partial charge on any atom is 0.221 e. The van der Waals surface area contributed by atoms with Crippen molar-refractivity contribution in [3.63, 3.8) is 0 Å². The molecule has 0 saturated carbocycles. The van der Waals surface area contributed by atoms with Crippen molar-refractivity contribution < 1.29 is 0 Å². The zero-order valence-electron chi connectivity index (χ0n) is 26.1. The zero-order chi connectivity index (χ0) is 30.8. The van der Waals surface area contributed by atoms with Crippen molar-refractivity contribution in [1.82, 2.24) is 18.9 Å². The number of nitrogens with zero attached hydrogens (tertiary/aromatic N) is 4. The SMILES string of the molecule is CC1(C)c2cc(-c3ccc4c(c3)c3ccccc3n4-c3nc4ccccc4c4nc5ccccc5n34)ccc2C2(C)C=CC=CC12. The van der Waals surface area contributed by atoms with Crippen LogP contribution in [0.5, 0.6) is 0 Å². The average Bonchev–Trinajstić information content (AvgIpc) is 3.69. The summed E-state index contributed by atoms with van der Waals surface area (Å²) >= 11 is 0. The third-order valence-corrected chi connectivity index (χ3v) is 10.9. The van der Waals surface area contributed by atoms with Crippen LogP contribution < -0.4 is 0 Å². The van der Waals surface area contributed by atoms with Crippen LogP contribution in [0.4, 0.5) is 0 Å². The Hall–Kier alpha value is -5.48. The van der Waals surface area contributed by atoms with Crippen LogP contribution in [0.25, 0.3) is 66.5 Å². The number of hydrogen-bond donors (Lipinski definition) is 0. The lowest BCUT2D eigenvalue weighted by Crippen LogP contribution is -2.33. The number of fused-ring (bicyclic) bond motifs is 11. The van der Waals surface area contributed by atoms with Crippen LogP contribution in [0.15, 0.2) is 133 Å². The summed E-state index contributed by atoms with van der Waals surface area (Å²) in [6.45, 7) is 7.21. The fraction of sp³-hybridized carbons (Fsp3) is 0.143. The Morgan fingerprint density at radius 1 is 0.587 bits per heavy atom. The first-order valence-electron chi connectivity index (χ1n) is 16.1. The number of benzene rings is 5. The Morgan fingerprint density at radius 2 is 1.28 bits per heavy atom. The fourth-order valence-electron chi connectivity index (χ4n) is 8.72. The van der Waals surface area contributed by atoms with Gasteiger partial charge in [0.2, 0.25) is 5.95 Å². The lowest BCUT2D eigenvalue weighted by Gasteiger charge is -2.36. The lowest BCUT2D eigenvalue weighted by atomic mass is 9.67. The highest BCUT2D eigenvalue weighted by Gasteiger charge is 2.51. The molecule has 2 aliphatic rings. The summed E-state index contributed by atoms with van der Waals surface area (Å²) in [6.07, 6.45) is 9.23. The van der Waals surface area contributed by atoms with E-state index in [1.165, 1.54) is 33.0 Å². The van der Waals surface area contributed by atoms with Crippen molar-refractivity contribution in [3.8, 4) is 17.1 Å². The third-order valence-electron chi connectivity index (χ3n) is 10.9. The van der Waals surface area contributed by atoms with Gasteiger partial charge in [0.25, 0.3) is 0 Å². The summed E-state index contributed by atoms with van der Waals surface area (Å²) < 4.78 is 4.54. The quantitative estimate of drug-likeness (QED) is 0.200. The Bertz CT molecular complexity index is 2650. The predicted octanol–water partition coefficient (Wildman–Crippen LogP) is 10.1. The average molecular weight is 593 g/mol. The van der Waals surface area contributed by atoms with Crippen LogP contribution in [0.1, 0.15) is 31.9 Å². The summed E-state index contributed by atoms with van der Waals surface area (Å²) in [6, 6.07) is 39.4. The molecule has 0 radical (unpaired) electrons. The van der Waals surface area contributed by atoms with E-state index in [0.717, 1.165) is 44.6 Å². The highest BCUT2D eigenvalue weighted by Crippen LogP contribution is 2.57. The van der Waals surface area contributed by atoms with Gasteiger partial charge in [0.05, 0.1) is 27.6 Å². The molecule has 0 N–H and O–H groups in total. The number of rotatable bonds is 2. The summed E-state index contributed by atoms with van der Waals surface area (Å²) in [5, 5.41) is 3.47. The Labute approximate surface area is 267 Å². The second-order valence-electron chi connectivity index (χ2n) is 13.8. The second kappa shape index (κ2) is 8.82. The van der Waals surface area contributed by atoms with Crippen LogP contribution in [0.2, 0.25) is 0 Å². The van der Waals surface area contributed by atoms with Gasteiger partial charge < -0.3 is 0 Å². The molecule has 2 atom stereocenters. The standard InChI is InChI=1S/C42H32N4/c1-41(2)32-25-27(19-21-31(32)42(3)23-11-10-18-38(41)42)26-20-22-36-30(24-26)28-12-5-8-16-35(28)45(36)40-44-33-14-6-4-13-29(33)39-43-34-15-7-9-17-37(34)46(39)40/h4-25,38H,1-3H3. The zero-order valence-corrected chi connectivity index (χ0v) is 26.1. The molecule has 0 saturated heterocycles. The van der Waals surface area contributed by atoms with Crippen molar-refractivity contribution >= 4 is 49.4 Å². The number of aromatic nitrogens is 4. The molecule has 220 valence electrons. The molecular weight excluding hydrogens is 560 g/mol. The minimum Gasteiger partial charge on any atom is -0.279 e. The van der Waals surface area contributed by atoms with E-state index in [1.807, 2.05) is 6.07 Å². The molecular formula is C42H32N4. The number of para-hydroxylation sites is 4. The van der Waals surface area contributed by atoms with Crippen LogP contribution >= 0.6 is 0 Å². The predicted molar refractivity (Wildman–Crippen MR) is 190 cm³/mol. The van der Waals surface area contributed by atoms with E-state index in [1.54, 1.807) is 0 Å².